The number of hydrazone groups is 1. The molecular weight excluding hydrogens is 292 g/mol. The maximum Gasteiger partial charge on any atom is 0.244 e. The number of H-pyrrole nitrogens is 1. The molecule has 0 saturated heterocycles. The number of nitrogens with one attached hydrogen (secondary N) is 2. The molecular formula is C17H17N4O2+. The molecule has 6 heteroatoms. The highest BCUT2D eigenvalue weighted by Crippen LogP contribution is 2.07. The summed E-state index contributed by atoms with van der Waals surface area (Å²) >= 11 is 0. The number of imidazole rings is 1. The van der Waals surface area contributed by atoms with Crippen molar-refractivity contribution < 1.29 is 14.5 Å². The van der Waals surface area contributed by atoms with E-state index >= 15 is 0 Å². The third-order valence-corrected chi connectivity index (χ3v) is 3.47. The fourth-order valence-electron chi connectivity index (χ4n) is 2.27. The normalized spacial score (nSPS) is 11.1. The van der Waals surface area contributed by atoms with Gasteiger partial charge in [0, 0.05) is 0 Å². The topological polar surface area (TPSA) is 81.4 Å². The Morgan fingerprint density at radius 2 is 2.00 bits per heavy atom. The van der Waals surface area contributed by atoms with Crippen LogP contribution in [0.25, 0.3) is 11.0 Å². The molecule has 23 heavy (non-hydrogen) atoms. The van der Waals surface area contributed by atoms with Crippen molar-refractivity contribution in [2.24, 2.45) is 5.10 Å². The van der Waals surface area contributed by atoms with Crippen LogP contribution in [0.2, 0.25) is 0 Å². The van der Waals surface area contributed by atoms with E-state index in [1.807, 2.05) is 35.2 Å². The first-order valence-electron chi connectivity index (χ1n) is 7.29. The first kappa shape index (κ1) is 14.8. The van der Waals surface area contributed by atoms with Crippen LogP contribution in [0, 0.1) is 0 Å². The average molecular weight is 309 g/mol. The number of phenolic OH excluding ortho intramolecular Hbond substituents is 1. The number of aromatic amines is 1. The van der Waals surface area contributed by atoms with Crippen LogP contribution in [-0.4, -0.2) is 22.2 Å². The summed E-state index contributed by atoms with van der Waals surface area (Å²) in [7, 11) is 0. The molecule has 1 aromatic heterocycles. The number of para-hydroxylation sites is 2. The van der Waals surface area contributed by atoms with Gasteiger partial charge in [0.25, 0.3) is 0 Å². The van der Waals surface area contributed by atoms with Crippen LogP contribution in [0.4, 0.5) is 0 Å². The van der Waals surface area contributed by atoms with Crippen molar-refractivity contribution in [2.75, 3.05) is 0 Å². The average Bonchev–Trinajstić information content (AvgIpc) is 2.98. The molecule has 0 atom stereocenters. The molecule has 0 unspecified atom stereocenters. The van der Waals surface area contributed by atoms with Gasteiger partial charge in [-0.3, -0.25) is 4.79 Å². The molecule has 3 rings (SSSR count). The SMILES string of the molecule is O=C(CC[n+]1c[nH]c2ccccc21)NN=Cc1ccc(O)cc1. The van der Waals surface area contributed by atoms with Crippen molar-refractivity contribution in [3.8, 4) is 5.75 Å². The Hall–Kier alpha value is -3.15. The van der Waals surface area contributed by atoms with Gasteiger partial charge in [0.2, 0.25) is 12.2 Å². The number of phenols is 1. The van der Waals surface area contributed by atoms with Crippen LogP contribution in [0.1, 0.15) is 12.0 Å². The Bertz CT molecular complexity index is 837. The Labute approximate surface area is 133 Å². The van der Waals surface area contributed by atoms with E-state index in [2.05, 4.69) is 15.5 Å². The molecule has 6 nitrogen and oxygen atoms in total. The summed E-state index contributed by atoms with van der Waals surface area (Å²) in [6.45, 7) is 0.574. The lowest BCUT2D eigenvalue weighted by molar-refractivity contribution is -0.670. The van der Waals surface area contributed by atoms with Gasteiger partial charge in [0.15, 0.2) is 11.0 Å². The lowest BCUT2D eigenvalue weighted by atomic mass is 10.2. The number of carbonyl (C=O) groups excluding carboxylic acids is 1. The van der Waals surface area contributed by atoms with E-state index in [0.29, 0.717) is 13.0 Å². The number of nitrogens with zero attached hydrogens (tertiary/aromatic N) is 2. The summed E-state index contributed by atoms with van der Waals surface area (Å²) in [5, 5.41) is 13.1. The summed E-state index contributed by atoms with van der Waals surface area (Å²) in [4.78, 5) is 15.0. The molecule has 0 aliphatic rings. The van der Waals surface area contributed by atoms with Crippen molar-refractivity contribution >= 4 is 23.2 Å². The largest absolute Gasteiger partial charge is 0.508 e. The molecule has 0 bridgehead atoms. The third kappa shape index (κ3) is 3.74. The van der Waals surface area contributed by atoms with Crippen molar-refractivity contribution in [1.82, 2.24) is 10.4 Å². The van der Waals surface area contributed by atoms with Crippen LogP contribution in [0.5, 0.6) is 5.75 Å². The van der Waals surface area contributed by atoms with Gasteiger partial charge in [-0.05, 0) is 42.0 Å². The fourth-order valence-corrected chi connectivity index (χ4v) is 2.27. The van der Waals surface area contributed by atoms with Gasteiger partial charge in [0.05, 0.1) is 19.2 Å². The molecule has 1 heterocycles. The quantitative estimate of drug-likeness (QED) is 0.381. The van der Waals surface area contributed by atoms with Crippen molar-refractivity contribution in [2.45, 2.75) is 13.0 Å². The standard InChI is InChI=1S/C17H16N4O2/c22-14-7-5-13(6-8-14)11-19-20-17(23)9-10-21-12-18-15-3-1-2-4-16(15)21/h1-8,11-12H,9-10H2,(H2,19,20,22,23)/p+1. The second-order valence-electron chi connectivity index (χ2n) is 5.12. The van der Waals surface area contributed by atoms with Gasteiger partial charge < -0.3 is 5.11 Å². The van der Waals surface area contributed by atoms with E-state index in [-0.39, 0.29) is 11.7 Å². The number of aromatic nitrogens is 2. The number of amides is 1. The molecule has 2 aromatic carbocycles. The number of aromatic hydroxyl groups is 1. The van der Waals surface area contributed by atoms with Crippen LogP contribution in [0.3, 0.4) is 0 Å². The Balaban J connectivity index is 1.52. The fraction of sp³-hybridized carbons (Fsp3) is 0.118. The third-order valence-electron chi connectivity index (χ3n) is 3.47. The van der Waals surface area contributed by atoms with Crippen molar-refractivity contribution in [3.63, 3.8) is 0 Å². The Morgan fingerprint density at radius 3 is 2.83 bits per heavy atom. The second kappa shape index (κ2) is 6.74. The molecule has 0 saturated carbocycles. The van der Waals surface area contributed by atoms with Crippen molar-refractivity contribution in [1.29, 1.82) is 0 Å². The zero-order valence-corrected chi connectivity index (χ0v) is 12.4. The Morgan fingerprint density at radius 1 is 1.22 bits per heavy atom. The summed E-state index contributed by atoms with van der Waals surface area (Å²) < 4.78 is 2.00. The van der Waals surface area contributed by atoms with E-state index in [0.717, 1.165) is 16.6 Å². The molecule has 0 fully saturated rings. The number of rotatable bonds is 5. The highest BCUT2D eigenvalue weighted by molar-refractivity contribution is 5.82. The number of fused-ring (bicyclic) bond motifs is 1. The van der Waals surface area contributed by atoms with Gasteiger partial charge in [-0.1, -0.05) is 12.1 Å². The molecule has 0 aliphatic carbocycles. The highest BCUT2D eigenvalue weighted by Gasteiger charge is 2.10. The minimum atomic E-state index is -0.155. The van der Waals surface area contributed by atoms with Gasteiger partial charge in [-0.15, -0.1) is 0 Å². The highest BCUT2D eigenvalue weighted by atomic mass is 16.3. The Kier molecular flexibility index (Phi) is 4.33. The van der Waals surface area contributed by atoms with E-state index in [4.69, 9.17) is 0 Å². The van der Waals surface area contributed by atoms with E-state index in [9.17, 15) is 9.90 Å². The van der Waals surface area contributed by atoms with E-state index in [1.54, 1.807) is 24.3 Å². The van der Waals surface area contributed by atoms with E-state index in [1.165, 1.54) is 6.21 Å². The van der Waals surface area contributed by atoms with Crippen LogP contribution >= 0.6 is 0 Å². The molecule has 3 aromatic rings. The summed E-state index contributed by atoms with van der Waals surface area (Å²) in [6, 6.07) is 14.5. The maximum atomic E-state index is 11.8. The molecule has 0 spiro atoms. The number of carbonyl (C=O) groups is 1. The number of hydrogen-bond acceptors (Lipinski definition) is 3. The van der Waals surface area contributed by atoms with Crippen molar-refractivity contribution in [3.05, 3.63) is 60.4 Å². The minimum Gasteiger partial charge on any atom is -0.508 e. The molecule has 1 amide bonds. The number of benzene rings is 2. The summed E-state index contributed by atoms with van der Waals surface area (Å²) in [5.41, 5.74) is 5.40. The predicted octanol–water partition coefficient (Wildman–Crippen LogP) is 1.70. The molecule has 116 valence electrons. The van der Waals surface area contributed by atoms with Gasteiger partial charge in [-0.2, -0.15) is 5.10 Å². The van der Waals surface area contributed by atoms with Gasteiger partial charge in [0.1, 0.15) is 5.75 Å². The first-order valence-corrected chi connectivity index (χ1v) is 7.29. The van der Waals surface area contributed by atoms with Crippen LogP contribution in [-0.2, 0) is 11.3 Å². The zero-order valence-electron chi connectivity index (χ0n) is 12.4. The van der Waals surface area contributed by atoms with Crippen LogP contribution in [0.15, 0.2) is 60.0 Å². The number of hydrogen-bond donors (Lipinski definition) is 3. The molecule has 3 N–H and O–H groups in total. The van der Waals surface area contributed by atoms with E-state index < -0.39 is 0 Å². The minimum absolute atomic E-state index is 0.155. The smallest absolute Gasteiger partial charge is 0.244 e. The summed E-state index contributed by atoms with van der Waals surface area (Å²) in [6.07, 6.45) is 3.73. The first-order chi connectivity index (χ1) is 11.2. The molecule has 0 radical (unpaired) electrons. The van der Waals surface area contributed by atoms with Gasteiger partial charge in [-0.25, -0.2) is 15.0 Å². The van der Waals surface area contributed by atoms with Gasteiger partial charge >= 0.3 is 0 Å². The van der Waals surface area contributed by atoms with Crippen LogP contribution < -0.4 is 9.99 Å². The number of aryl methyl sites for hydroxylation is 1. The zero-order chi connectivity index (χ0) is 16.1. The maximum absolute atomic E-state index is 11.8. The summed E-state index contributed by atoms with van der Waals surface area (Å²) in [5.74, 6) is 0.0414. The lowest BCUT2D eigenvalue weighted by Gasteiger charge is -1.99. The predicted molar refractivity (Wildman–Crippen MR) is 87.0 cm³/mol. The monoisotopic (exact) mass is 309 g/mol. The second-order valence-corrected chi connectivity index (χ2v) is 5.12. The molecule has 0 aliphatic heterocycles. The lowest BCUT2D eigenvalue weighted by Crippen LogP contribution is -2.34.